The number of rotatable bonds is 15. The number of fused-ring (bicyclic) bond motifs is 5. The molecule has 15 nitrogen and oxygen atoms in total. The average Bonchev–Trinajstić information content (AvgIpc) is 3.27. The second-order valence-electron chi connectivity index (χ2n) is 14.4. The minimum absolute atomic E-state index is 0.0877. The Morgan fingerprint density at radius 3 is 2.45 bits per heavy atom. The van der Waals surface area contributed by atoms with Crippen molar-refractivity contribution >= 4 is 35.4 Å². The SMILES string of the molecule is CCC(=O)O[C@]1(C(=O)COC(=O)CC(NC(C)=O)C(=O)OCCCCO[N+](=O)[O-])[C@@H](C)C[C@H]2[C@@H]3CCC4=CC(=O)C=C[C@]4(C)[C@@]3(F)[C@@H](O)C[C@@]21C. The van der Waals surface area contributed by atoms with Crippen LogP contribution in [0.2, 0.25) is 0 Å². The summed E-state index contributed by atoms with van der Waals surface area (Å²) in [5.41, 5.74) is -6.04. The van der Waals surface area contributed by atoms with Gasteiger partial charge in [-0.2, -0.15) is 0 Å². The lowest BCUT2D eigenvalue weighted by molar-refractivity contribution is -0.757. The summed E-state index contributed by atoms with van der Waals surface area (Å²) in [6.45, 7) is 6.49. The second kappa shape index (κ2) is 15.2. The third-order valence-corrected chi connectivity index (χ3v) is 11.5. The predicted molar refractivity (Wildman–Crippen MR) is 173 cm³/mol. The van der Waals surface area contributed by atoms with Gasteiger partial charge in [0.2, 0.25) is 11.7 Å². The summed E-state index contributed by atoms with van der Waals surface area (Å²) in [6.07, 6.45) is 2.95. The van der Waals surface area contributed by atoms with E-state index in [-0.39, 0.29) is 57.5 Å². The molecule has 4 rings (SSSR count). The maximum Gasteiger partial charge on any atom is 0.329 e. The molecular formula is C35H47FN2O13. The predicted octanol–water partition coefficient (Wildman–Crippen LogP) is 2.83. The summed E-state index contributed by atoms with van der Waals surface area (Å²) in [6, 6.07) is -1.47. The van der Waals surface area contributed by atoms with Gasteiger partial charge in [-0.15, -0.1) is 10.1 Å². The number of hydrogen-bond donors (Lipinski definition) is 2. The molecule has 51 heavy (non-hydrogen) atoms. The fourth-order valence-electron chi connectivity index (χ4n) is 9.18. The van der Waals surface area contributed by atoms with Gasteiger partial charge in [0.1, 0.15) is 6.04 Å². The summed E-state index contributed by atoms with van der Waals surface area (Å²) >= 11 is 0. The van der Waals surface area contributed by atoms with Crippen LogP contribution in [0, 0.1) is 38.7 Å². The van der Waals surface area contributed by atoms with Crippen LogP contribution < -0.4 is 5.32 Å². The van der Waals surface area contributed by atoms with Gasteiger partial charge in [-0.25, -0.2) is 9.18 Å². The molecule has 0 heterocycles. The molecule has 282 valence electrons. The van der Waals surface area contributed by atoms with Crippen LogP contribution in [-0.4, -0.2) is 88.8 Å². The summed E-state index contributed by atoms with van der Waals surface area (Å²) in [5, 5.41) is 23.3. The highest BCUT2D eigenvalue weighted by Crippen LogP contribution is 2.71. The van der Waals surface area contributed by atoms with Crippen LogP contribution in [0.4, 0.5) is 4.39 Å². The molecule has 0 bridgehead atoms. The molecule has 0 aromatic rings. The summed E-state index contributed by atoms with van der Waals surface area (Å²) in [4.78, 5) is 91.4. The number of allylic oxidation sites excluding steroid dienone is 4. The maximum absolute atomic E-state index is 17.7. The average molecular weight is 723 g/mol. The molecule has 4 aliphatic rings. The molecule has 1 unspecified atom stereocenters. The highest BCUT2D eigenvalue weighted by Gasteiger charge is 2.77. The van der Waals surface area contributed by atoms with Crippen molar-refractivity contribution in [2.75, 3.05) is 19.8 Å². The topological polar surface area (TPSA) is 215 Å². The standard InChI is InChI=1S/C35H47FN2O13/c1-6-29(43)51-35(28(42)19-49-30(44)17-26(37-21(3)39)31(45)48-13-7-8-14-50-38(46)47)20(2)15-25-24-10-9-22-16-23(40)11-12-32(22,4)34(24,36)27(41)18-33(25,35)5/h11-12,16,20,24-27,41H,6-10,13-15,17-19H2,1-5H3,(H,37,39)/t20-,24-,25-,26?,27-,32-,33-,34-,35-/m0/s1. The van der Waals surface area contributed by atoms with Crippen molar-refractivity contribution in [3.63, 3.8) is 0 Å². The van der Waals surface area contributed by atoms with Crippen molar-refractivity contribution in [3.05, 3.63) is 33.9 Å². The van der Waals surface area contributed by atoms with Crippen LogP contribution in [0.1, 0.15) is 86.0 Å². The van der Waals surface area contributed by atoms with E-state index in [2.05, 4.69) is 10.2 Å². The maximum atomic E-state index is 17.7. The Morgan fingerprint density at radius 2 is 1.80 bits per heavy atom. The first kappa shape index (κ1) is 39.6. The van der Waals surface area contributed by atoms with Gasteiger partial charge in [-0.1, -0.05) is 32.4 Å². The van der Waals surface area contributed by atoms with E-state index in [1.165, 1.54) is 18.2 Å². The van der Waals surface area contributed by atoms with Crippen LogP contribution in [0.3, 0.4) is 0 Å². The monoisotopic (exact) mass is 722 g/mol. The van der Waals surface area contributed by atoms with E-state index in [0.717, 1.165) is 6.92 Å². The van der Waals surface area contributed by atoms with E-state index in [1.54, 1.807) is 27.7 Å². The Balaban J connectivity index is 1.53. The molecule has 16 heteroatoms. The van der Waals surface area contributed by atoms with E-state index in [4.69, 9.17) is 14.2 Å². The Morgan fingerprint density at radius 1 is 1.12 bits per heavy atom. The molecule has 0 aromatic carbocycles. The van der Waals surface area contributed by atoms with Crippen molar-refractivity contribution < 1.29 is 62.4 Å². The van der Waals surface area contributed by atoms with E-state index >= 15 is 4.39 Å². The molecule has 0 aliphatic heterocycles. The van der Waals surface area contributed by atoms with E-state index in [1.807, 2.05) is 0 Å². The van der Waals surface area contributed by atoms with Crippen molar-refractivity contribution in [2.45, 2.75) is 109 Å². The number of carbonyl (C=O) groups excluding carboxylic acids is 6. The number of ketones is 2. The lowest BCUT2D eigenvalue weighted by Gasteiger charge is -2.62. The van der Waals surface area contributed by atoms with Crippen LogP contribution in [0.25, 0.3) is 0 Å². The quantitative estimate of drug-likeness (QED) is 0.0819. The number of alkyl halides is 1. The Bertz CT molecular complexity index is 1510. The fraction of sp³-hybridized carbons (Fsp3) is 0.714. The number of nitrogens with one attached hydrogen (secondary N) is 1. The number of nitrogens with zero attached hydrogens (tertiary/aromatic N) is 1. The number of unbranched alkanes of at least 4 members (excludes halogenated alkanes) is 1. The lowest BCUT2D eigenvalue weighted by Crippen LogP contribution is -2.70. The first-order chi connectivity index (χ1) is 23.9. The van der Waals surface area contributed by atoms with E-state index in [0.29, 0.717) is 12.0 Å². The van der Waals surface area contributed by atoms with Gasteiger partial charge in [-0.3, -0.25) is 24.0 Å². The number of amides is 1. The van der Waals surface area contributed by atoms with Gasteiger partial charge in [0, 0.05) is 36.0 Å². The molecular weight excluding hydrogens is 675 g/mol. The Hall–Kier alpha value is -4.21. The summed E-state index contributed by atoms with van der Waals surface area (Å²) in [7, 11) is 0. The van der Waals surface area contributed by atoms with Crippen molar-refractivity contribution in [1.29, 1.82) is 0 Å². The van der Waals surface area contributed by atoms with Gasteiger partial charge < -0.3 is 29.5 Å². The molecule has 0 radical (unpaired) electrons. The number of esters is 3. The van der Waals surface area contributed by atoms with Crippen molar-refractivity contribution in [1.82, 2.24) is 5.32 Å². The van der Waals surface area contributed by atoms with Gasteiger partial charge in [0.15, 0.2) is 23.7 Å². The molecule has 3 saturated carbocycles. The smallest absolute Gasteiger partial charge is 0.329 e. The summed E-state index contributed by atoms with van der Waals surface area (Å²) < 4.78 is 34.1. The molecule has 9 atom stereocenters. The zero-order valence-corrected chi connectivity index (χ0v) is 29.6. The normalized spacial score (nSPS) is 34.1. The van der Waals surface area contributed by atoms with Gasteiger partial charge in [0.05, 0.1) is 25.7 Å². The van der Waals surface area contributed by atoms with Gasteiger partial charge in [0.25, 0.3) is 5.09 Å². The third-order valence-electron chi connectivity index (χ3n) is 11.5. The van der Waals surface area contributed by atoms with Crippen molar-refractivity contribution in [3.8, 4) is 0 Å². The Labute approximate surface area is 294 Å². The molecule has 1 amide bonds. The highest BCUT2D eigenvalue weighted by molar-refractivity contribution is 6.01. The molecule has 0 spiro atoms. The second-order valence-corrected chi connectivity index (χ2v) is 14.4. The summed E-state index contributed by atoms with van der Waals surface area (Å²) in [5.74, 6) is -6.38. The molecule has 0 saturated heterocycles. The molecule has 3 fully saturated rings. The minimum atomic E-state index is -2.19. The van der Waals surface area contributed by atoms with Crippen LogP contribution in [0.5, 0.6) is 0 Å². The van der Waals surface area contributed by atoms with E-state index in [9.17, 15) is 44.0 Å². The zero-order chi connectivity index (χ0) is 37.9. The molecule has 0 aromatic heterocycles. The zero-order valence-electron chi connectivity index (χ0n) is 29.6. The first-order valence-corrected chi connectivity index (χ1v) is 17.3. The number of hydrogen-bond acceptors (Lipinski definition) is 13. The van der Waals surface area contributed by atoms with Gasteiger partial charge >= 0.3 is 17.9 Å². The van der Waals surface area contributed by atoms with Crippen LogP contribution in [0.15, 0.2) is 23.8 Å². The number of carbonyl (C=O) groups is 6. The highest BCUT2D eigenvalue weighted by atomic mass is 19.1. The molecule has 2 N–H and O–H groups in total. The van der Waals surface area contributed by atoms with Gasteiger partial charge in [-0.05, 0) is 63.5 Å². The van der Waals surface area contributed by atoms with Crippen LogP contribution >= 0.6 is 0 Å². The Kier molecular flexibility index (Phi) is 11.8. The third kappa shape index (κ3) is 7.15. The number of ether oxygens (including phenoxy) is 3. The largest absolute Gasteiger partial charge is 0.464 e. The first-order valence-electron chi connectivity index (χ1n) is 17.3. The fourth-order valence-corrected chi connectivity index (χ4v) is 9.18. The number of Topliss-reactive ketones (excluding diaryl/α,β-unsaturated/α-hetero) is 1. The minimum Gasteiger partial charge on any atom is -0.464 e. The lowest BCUT2D eigenvalue weighted by atomic mass is 9.44. The molecule has 4 aliphatic carbocycles. The number of aliphatic hydroxyl groups excluding tert-OH is 1. The van der Waals surface area contributed by atoms with Crippen molar-refractivity contribution in [2.24, 2.45) is 28.6 Å². The number of halogens is 1. The number of aliphatic hydroxyl groups is 1. The van der Waals surface area contributed by atoms with Crippen LogP contribution in [-0.2, 0) is 47.8 Å². The van der Waals surface area contributed by atoms with E-state index < -0.39 is 99.7 Å².